The average Bonchev–Trinajstić information content (AvgIpc) is 2.55. The van der Waals surface area contributed by atoms with E-state index in [0.29, 0.717) is 17.4 Å². The number of benzene rings is 2. The normalized spacial score (nSPS) is 12.2. The number of hydrogen-bond donors (Lipinski definition) is 1. The summed E-state index contributed by atoms with van der Waals surface area (Å²) in [6.07, 6.45) is -0.472. The molecule has 1 N–H and O–H groups in total. The second-order valence-corrected chi connectivity index (χ2v) is 7.11. The van der Waals surface area contributed by atoms with Crippen molar-refractivity contribution >= 4 is 11.6 Å². The Kier molecular flexibility index (Phi) is 6.67. The molecule has 4 nitrogen and oxygen atoms in total. The molecule has 1 unspecified atom stereocenters. The van der Waals surface area contributed by atoms with Crippen molar-refractivity contribution in [2.45, 2.75) is 59.7 Å². The topological polar surface area (TPSA) is 47.6 Å². The number of aryl methyl sites for hydroxylation is 1. The molecule has 0 spiro atoms. The molecule has 0 aliphatic heterocycles. The van der Waals surface area contributed by atoms with Crippen LogP contribution >= 0.6 is 0 Å². The maximum atomic E-state index is 12.4. The van der Waals surface area contributed by atoms with Gasteiger partial charge in [-0.3, -0.25) is 4.79 Å². The van der Waals surface area contributed by atoms with Gasteiger partial charge in [0.15, 0.2) is 6.10 Å². The van der Waals surface area contributed by atoms with Gasteiger partial charge in [-0.25, -0.2) is 0 Å². The molecule has 0 aliphatic carbocycles. The Hall–Kier alpha value is -2.49. The number of carbonyl (C=O) groups excluding carboxylic acids is 1. The first-order valence-corrected chi connectivity index (χ1v) is 9.11. The van der Waals surface area contributed by atoms with Gasteiger partial charge in [0.2, 0.25) is 0 Å². The molecule has 2 aromatic carbocycles. The van der Waals surface area contributed by atoms with Crippen LogP contribution in [0.2, 0.25) is 0 Å². The van der Waals surface area contributed by atoms with E-state index < -0.39 is 6.10 Å². The van der Waals surface area contributed by atoms with Crippen molar-refractivity contribution < 1.29 is 14.3 Å². The molecule has 0 aliphatic rings. The molecule has 26 heavy (non-hydrogen) atoms. The fourth-order valence-electron chi connectivity index (χ4n) is 2.76. The van der Waals surface area contributed by atoms with Gasteiger partial charge in [0.05, 0.1) is 6.10 Å². The van der Waals surface area contributed by atoms with Crippen LogP contribution in [0, 0.1) is 6.92 Å². The maximum absolute atomic E-state index is 12.4. The Morgan fingerprint density at radius 1 is 0.885 bits per heavy atom. The van der Waals surface area contributed by atoms with Crippen LogP contribution in [0.5, 0.6) is 11.5 Å². The third-order valence-electron chi connectivity index (χ3n) is 4.04. The quantitative estimate of drug-likeness (QED) is 0.732. The van der Waals surface area contributed by atoms with Crippen molar-refractivity contribution in [1.82, 2.24) is 0 Å². The minimum atomic E-state index is -0.592. The van der Waals surface area contributed by atoms with E-state index in [-0.39, 0.29) is 12.0 Å². The van der Waals surface area contributed by atoms with Gasteiger partial charge in [0, 0.05) is 5.69 Å². The smallest absolute Gasteiger partial charge is 0.265 e. The van der Waals surface area contributed by atoms with Gasteiger partial charge in [-0.15, -0.1) is 0 Å². The summed E-state index contributed by atoms with van der Waals surface area (Å²) in [6.45, 7) is 12.1. The summed E-state index contributed by atoms with van der Waals surface area (Å²) in [6, 6.07) is 13.3. The predicted octanol–water partition coefficient (Wildman–Crippen LogP) is 5.31. The van der Waals surface area contributed by atoms with E-state index in [2.05, 4.69) is 32.2 Å². The molecular weight excluding hydrogens is 326 g/mol. The largest absolute Gasteiger partial charge is 0.491 e. The van der Waals surface area contributed by atoms with E-state index in [1.807, 2.05) is 50.2 Å². The Balaban J connectivity index is 1.96. The molecule has 0 saturated heterocycles. The number of carbonyl (C=O) groups is 1. The summed E-state index contributed by atoms with van der Waals surface area (Å²) in [7, 11) is 0. The molecule has 0 aromatic heterocycles. The first-order chi connectivity index (χ1) is 12.3. The third kappa shape index (κ3) is 5.51. The number of amides is 1. The van der Waals surface area contributed by atoms with Crippen LogP contribution in [0.4, 0.5) is 5.69 Å². The van der Waals surface area contributed by atoms with Crippen molar-refractivity contribution in [1.29, 1.82) is 0 Å². The third-order valence-corrected chi connectivity index (χ3v) is 4.04. The van der Waals surface area contributed by atoms with Crippen LogP contribution in [0.3, 0.4) is 0 Å². The van der Waals surface area contributed by atoms with E-state index in [0.717, 1.165) is 5.75 Å². The highest BCUT2D eigenvalue weighted by Gasteiger charge is 2.16. The Morgan fingerprint density at radius 3 is 2.04 bits per heavy atom. The van der Waals surface area contributed by atoms with Crippen molar-refractivity contribution in [2.24, 2.45) is 0 Å². The molecule has 1 atom stereocenters. The van der Waals surface area contributed by atoms with E-state index in [1.165, 1.54) is 11.1 Å². The van der Waals surface area contributed by atoms with Gasteiger partial charge in [-0.1, -0.05) is 19.9 Å². The highest BCUT2D eigenvalue weighted by molar-refractivity contribution is 5.94. The van der Waals surface area contributed by atoms with Gasteiger partial charge in [0.1, 0.15) is 11.5 Å². The fraction of sp³-hybridized carbons (Fsp3) is 0.409. The monoisotopic (exact) mass is 355 g/mol. The van der Waals surface area contributed by atoms with Crippen LogP contribution < -0.4 is 14.8 Å². The van der Waals surface area contributed by atoms with Crippen molar-refractivity contribution in [3.05, 3.63) is 53.6 Å². The van der Waals surface area contributed by atoms with Crippen molar-refractivity contribution in [2.75, 3.05) is 5.32 Å². The zero-order chi connectivity index (χ0) is 19.3. The molecule has 0 fully saturated rings. The molecular formula is C22H29NO3. The van der Waals surface area contributed by atoms with E-state index in [4.69, 9.17) is 9.47 Å². The van der Waals surface area contributed by atoms with E-state index >= 15 is 0 Å². The molecule has 0 bridgehead atoms. The Labute approximate surface area is 156 Å². The van der Waals surface area contributed by atoms with Crippen LogP contribution in [0.15, 0.2) is 42.5 Å². The molecule has 2 aromatic rings. The molecule has 1 amide bonds. The summed E-state index contributed by atoms with van der Waals surface area (Å²) in [5.41, 5.74) is 3.18. The number of nitrogens with one attached hydrogen (secondary N) is 1. The molecule has 2 rings (SSSR count). The molecule has 4 heteroatoms. The van der Waals surface area contributed by atoms with Gasteiger partial charge >= 0.3 is 0 Å². The second kappa shape index (κ2) is 8.75. The number of anilines is 1. The predicted molar refractivity (Wildman–Crippen MR) is 106 cm³/mol. The summed E-state index contributed by atoms with van der Waals surface area (Å²) in [5.74, 6) is 1.76. The lowest BCUT2D eigenvalue weighted by Crippen LogP contribution is -2.30. The standard InChI is InChI=1S/C22H29NO3/c1-14(2)21-12-11-20(13-16(21)5)26-17(6)22(24)23-18-7-9-19(10-8-18)25-15(3)4/h7-15,17H,1-6H3,(H,23,24). The van der Waals surface area contributed by atoms with Crippen molar-refractivity contribution in [3.63, 3.8) is 0 Å². The van der Waals surface area contributed by atoms with E-state index in [9.17, 15) is 4.79 Å². The van der Waals surface area contributed by atoms with Crippen LogP contribution in [-0.2, 0) is 4.79 Å². The fourth-order valence-corrected chi connectivity index (χ4v) is 2.76. The van der Waals surface area contributed by atoms with Gasteiger partial charge < -0.3 is 14.8 Å². The average molecular weight is 355 g/mol. The lowest BCUT2D eigenvalue weighted by molar-refractivity contribution is -0.122. The zero-order valence-electron chi connectivity index (χ0n) is 16.5. The van der Waals surface area contributed by atoms with E-state index in [1.54, 1.807) is 6.92 Å². The van der Waals surface area contributed by atoms with Gasteiger partial charge in [-0.2, -0.15) is 0 Å². The molecule has 140 valence electrons. The minimum Gasteiger partial charge on any atom is -0.491 e. The first kappa shape index (κ1) is 19.8. The molecule has 0 saturated carbocycles. The molecule has 0 radical (unpaired) electrons. The second-order valence-electron chi connectivity index (χ2n) is 7.11. The van der Waals surface area contributed by atoms with Gasteiger partial charge in [-0.05, 0) is 81.1 Å². The first-order valence-electron chi connectivity index (χ1n) is 9.11. The summed E-state index contributed by atoms with van der Waals surface area (Å²) in [4.78, 5) is 12.4. The number of hydrogen-bond acceptors (Lipinski definition) is 3. The lowest BCUT2D eigenvalue weighted by atomic mass is 9.98. The highest BCUT2D eigenvalue weighted by atomic mass is 16.5. The summed E-state index contributed by atoms with van der Waals surface area (Å²) < 4.78 is 11.4. The molecule has 0 heterocycles. The van der Waals surface area contributed by atoms with Crippen LogP contribution in [0.1, 0.15) is 51.7 Å². The van der Waals surface area contributed by atoms with Crippen LogP contribution in [-0.4, -0.2) is 18.1 Å². The summed E-state index contributed by atoms with van der Waals surface area (Å²) in [5, 5.41) is 2.87. The van der Waals surface area contributed by atoms with Gasteiger partial charge in [0.25, 0.3) is 5.91 Å². The maximum Gasteiger partial charge on any atom is 0.265 e. The lowest BCUT2D eigenvalue weighted by Gasteiger charge is -2.17. The Bertz CT molecular complexity index is 736. The highest BCUT2D eigenvalue weighted by Crippen LogP contribution is 2.24. The Morgan fingerprint density at radius 2 is 1.50 bits per heavy atom. The zero-order valence-corrected chi connectivity index (χ0v) is 16.5. The SMILES string of the molecule is Cc1cc(OC(C)C(=O)Nc2ccc(OC(C)C)cc2)ccc1C(C)C. The minimum absolute atomic E-state index is 0.120. The number of rotatable bonds is 7. The number of ether oxygens (including phenoxy) is 2. The van der Waals surface area contributed by atoms with Crippen LogP contribution in [0.25, 0.3) is 0 Å². The van der Waals surface area contributed by atoms with Crippen molar-refractivity contribution in [3.8, 4) is 11.5 Å². The summed E-state index contributed by atoms with van der Waals surface area (Å²) >= 11 is 0.